The Morgan fingerprint density at radius 2 is 1.80 bits per heavy atom. The molecule has 3 aliphatic rings. The summed E-state index contributed by atoms with van der Waals surface area (Å²) in [7, 11) is 0. The lowest BCUT2D eigenvalue weighted by molar-refractivity contribution is -0.128. The van der Waals surface area contributed by atoms with Crippen molar-refractivity contribution < 1.29 is 9.53 Å². The van der Waals surface area contributed by atoms with E-state index in [-0.39, 0.29) is 11.9 Å². The number of piperazine rings is 1. The van der Waals surface area contributed by atoms with E-state index in [1.54, 1.807) is 0 Å². The van der Waals surface area contributed by atoms with Crippen LogP contribution >= 0.6 is 0 Å². The third kappa shape index (κ3) is 4.70. The Morgan fingerprint density at radius 1 is 1.02 bits per heavy atom. The maximum absolute atomic E-state index is 12.6. The highest BCUT2D eigenvalue weighted by Crippen LogP contribution is 2.40. The van der Waals surface area contributed by atoms with E-state index in [4.69, 9.17) is 9.72 Å². The molecule has 1 amide bonds. The number of ether oxygens (including phenoxy) is 1. The number of anilines is 3. The molecule has 3 aliphatic heterocycles. The molecule has 40 heavy (non-hydrogen) atoms. The molecule has 4 heterocycles. The molecule has 0 unspecified atom stereocenters. The summed E-state index contributed by atoms with van der Waals surface area (Å²) in [5.74, 6) is 1.13. The van der Waals surface area contributed by atoms with Crippen LogP contribution in [0.3, 0.4) is 0 Å². The molecule has 6 rings (SSSR count). The van der Waals surface area contributed by atoms with Crippen LogP contribution in [0.5, 0.6) is 0 Å². The molecule has 0 radical (unpaired) electrons. The molecular formula is C33H41N5O2. The normalized spacial score (nSPS) is 19.6. The van der Waals surface area contributed by atoms with Gasteiger partial charge in [0.1, 0.15) is 5.82 Å². The van der Waals surface area contributed by atoms with Gasteiger partial charge in [-0.3, -0.25) is 4.79 Å². The number of hydrogen-bond acceptors (Lipinski definition) is 6. The fourth-order valence-electron chi connectivity index (χ4n) is 6.95. The van der Waals surface area contributed by atoms with Gasteiger partial charge in [-0.2, -0.15) is 0 Å². The molecule has 0 spiro atoms. The first kappa shape index (κ1) is 26.6. The quantitative estimate of drug-likeness (QED) is 0.432. The smallest absolute Gasteiger partial charge is 0.246 e. The number of aromatic nitrogens is 1. The Bertz CT molecular complexity index is 1420. The lowest BCUT2D eigenvalue weighted by atomic mass is 9.95. The van der Waals surface area contributed by atoms with Crippen LogP contribution in [0.25, 0.3) is 10.8 Å². The summed E-state index contributed by atoms with van der Waals surface area (Å²) in [5.41, 5.74) is 7.75. The predicted molar refractivity (Wildman–Crippen MR) is 164 cm³/mol. The Hall–Kier alpha value is -3.58. The van der Waals surface area contributed by atoms with E-state index in [2.05, 4.69) is 78.4 Å². The van der Waals surface area contributed by atoms with Crippen molar-refractivity contribution in [2.24, 2.45) is 0 Å². The molecule has 0 bridgehead atoms. The Balaban J connectivity index is 1.41. The van der Waals surface area contributed by atoms with Gasteiger partial charge in [-0.1, -0.05) is 43.8 Å². The van der Waals surface area contributed by atoms with Crippen LogP contribution in [0.1, 0.15) is 35.7 Å². The average molecular weight is 540 g/mol. The topological polar surface area (TPSA) is 52.2 Å². The Morgan fingerprint density at radius 3 is 2.55 bits per heavy atom. The number of amides is 1. The average Bonchev–Trinajstić information content (AvgIpc) is 3.00. The molecule has 0 aliphatic carbocycles. The standard InChI is InChI=1S/C33H41N5O2/c1-5-26-21-37(15-16-38(26)30(39)6-2)32-24(4)33(35-17-19-40-20-18-35)34-28-22-36(14-13-27(28)32)29-12-8-11-25-10-7-9-23(3)31(25)29/h6-12,26H,2,5,13-22H2,1,3-4H3/t26-/m0/s1. The lowest BCUT2D eigenvalue weighted by Crippen LogP contribution is -2.55. The lowest BCUT2D eigenvalue weighted by Gasteiger charge is -2.44. The second-order valence-corrected chi connectivity index (χ2v) is 11.3. The molecular weight excluding hydrogens is 498 g/mol. The minimum atomic E-state index is 0.0370. The Kier molecular flexibility index (Phi) is 7.41. The molecule has 7 heteroatoms. The van der Waals surface area contributed by atoms with Gasteiger partial charge in [-0.05, 0) is 49.8 Å². The van der Waals surface area contributed by atoms with Crippen LogP contribution in [0.2, 0.25) is 0 Å². The van der Waals surface area contributed by atoms with Crippen molar-refractivity contribution in [3.8, 4) is 0 Å². The molecule has 2 aromatic carbocycles. The molecule has 2 fully saturated rings. The molecule has 3 aromatic rings. The summed E-state index contributed by atoms with van der Waals surface area (Å²) in [6, 6.07) is 13.4. The van der Waals surface area contributed by atoms with Crippen molar-refractivity contribution in [2.75, 3.05) is 67.2 Å². The van der Waals surface area contributed by atoms with Gasteiger partial charge in [0.15, 0.2) is 0 Å². The maximum Gasteiger partial charge on any atom is 0.246 e. The first-order chi connectivity index (χ1) is 19.5. The van der Waals surface area contributed by atoms with Crippen molar-refractivity contribution in [1.29, 1.82) is 0 Å². The summed E-state index contributed by atoms with van der Waals surface area (Å²) >= 11 is 0. The third-order valence-corrected chi connectivity index (χ3v) is 9.01. The first-order valence-electron chi connectivity index (χ1n) is 14.8. The number of rotatable bonds is 5. The number of fused-ring (bicyclic) bond motifs is 2. The SMILES string of the molecule is C=CC(=O)N1CCN(c2c(C)c(N3CCOCC3)nc3c2CCN(c2cccc4cccc(C)c24)C3)C[C@@H]1CC. The van der Waals surface area contributed by atoms with E-state index in [1.807, 2.05) is 4.90 Å². The molecule has 0 saturated carbocycles. The van der Waals surface area contributed by atoms with Crippen LogP contribution in [0.4, 0.5) is 17.2 Å². The summed E-state index contributed by atoms with van der Waals surface area (Å²) < 4.78 is 5.69. The molecule has 210 valence electrons. The fraction of sp³-hybridized carbons (Fsp3) is 0.455. The van der Waals surface area contributed by atoms with Gasteiger partial charge < -0.3 is 24.3 Å². The number of benzene rings is 2. The molecule has 0 N–H and O–H groups in total. The number of hydrogen-bond donors (Lipinski definition) is 0. The van der Waals surface area contributed by atoms with E-state index in [0.717, 1.165) is 71.1 Å². The zero-order valence-corrected chi connectivity index (χ0v) is 24.2. The molecule has 2 saturated heterocycles. The van der Waals surface area contributed by atoms with Gasteiger partial charge in [0, 0.05) is 73.2 Å². The van der Waals surface area contributed by atoms with E-state index < -0.39 is 0 Å². The van der Waals surface area contributed by atoms with Crippen molar-refractivity contribution >= 4 is 33.9 Å². The van der Waals surface area contributed by atoms with Crippen molar-refractivity contribution in [3.05, 3.63) is 71.4 Å². The number of pyridine rings is 1. The number of carbonyl (C=O) groups excluding carboxylic acids is 1. The summed E-state index contributed by atoms with van der Waals surface area (Å²) in [6.45, 7) is 17.7. The van der Waals surface area contributed by atoms with E-state index >= 15 is 0 Å². The van der Waals surface area contributed by atoms with E-state index in [9.17, 15) is 4.79 Å². The second-order valence-electron chi connectivity index (χ2n) is 11.3. The van der Waals surface area contributed by atoms with Crippen LogP contribution in [0.15, 0.2) is 49.1 Å². The molecule has 7 nitrogen and oxygen atoms in total. The van der Waals surface area contributed by atoms with Crippen LogP contribution in [0, 0.1) is 13.8 Å². The fourth-order valence-corrected chi connectivity index (χ4v) is 6.95. The summed E-state index contributed by atoms with van der Waals surface area (Å²) in [6.07, 6.45) is 3.33. The van der Waals surface area contributed by atoms with Crippen LogP contribution in [-0.2, 0) is 22.5 Å². The Labute approximate surface area is 238 Å². The van der Waals surface area contributed by atoms with E-state index in [1.165, 1.54) is 50.6 Å². The highest BCUT2D eigenvalue weighted by atomic mass is 16.5. The van der Waals surface area contributed by atoms with Crippen molar-refractivity contribution in [2.45, 2.75) is 46.2 Å². The highest BCUT2D eigenvalue weighted by molar-refractivity contribution is 5.97. The summed E-state index contributed by atoms with van der Waals surface area (Å²) in [5, 5.41) is 2.62. The number of aryl methyl sites for hydroxylation is 1. The monoisotopic (exact) mass is 539 g/mol. The molecule has 1 atom stereocenters. The maximum atomic E-state index is 12.6. The highest BCUT2D eigenvalue weighted by Gasteiger charge is 2.34. The first-order valence-corrected chi connectivity index (χ1v) is 14.8. The van der Waals surface area contributed by atoms with Crippen LogP contribution < -0.4 is 14.7 Å². The van der Waals surface area contributed by atoms with Crippen molar-refractivity contribution in [3.63, 3.8) is 0 Å². The minimum Gasteiger partial charge on any atom is -0.378 e. The van der Waals surface area contributed by atoms with Gasteiger partial charge in [0.2, 0.25) is 5.91 Å². The minimum absolute atomic E-state index is 0.0370. The number of nitrogens with zero attached hydrogens (tertiary/aromatic N) is 5. The zero-order valence-electron chi connectivity index (χ0n) is 24.2. The second kappa shape index (κ2) is 11.1. The summed E-state index contributed by atoms with van der Waals surface area (Å²) in [4.78, 5) is 27.4. The molecule has 1 aromatic heterocycles. The van der Waals surface area contributed by atoms with Gasteiger partial charge in [0.05, 0.1) is 25.5 Å². The largest absolute Gasteiger partial charge is 0.378 e. The number of morpholine rings is 1. The van der Waals surface area contributed by atoms with Gasteiger partial charge in [-0.25, -0.2) is 4.98 Å². The number of carbonyl (C=O) groups is 1. The zero-order chi connectivity index (χ0) is 27.8. The van der Waals surface area contributed by atoms with Gasteiger partial charge >= 0.3 is 0 Å². The van der Waals surface area contributed by atoms with Crippen molar-refractivity contribution in [1.82, 2.24) is 9.88 Å². The van der Waals surface area contributed by atoms with Crippen LogP contribution in [-0.4, -0.2) is 74.3 Å². The predicted octanol–water partition coefficient (Wildman–Crippen LogP) is 4.86. The van der Waals surface area contributed by atoms with Gasteiger partial charge in [-0.15, -0.1) is 0 Å². The van der Waals surface area contributed by atoms with E-state index in [0.29, 0.717) is 6.54 Å². The third-order valence-electron chi connectivity index (χ3n) is 9.01. The van der Waals surface area contributed by atoms with Gasteiger partial charge in [0.25, 0.3) is 0 Å².